The standard InChI is InChI=1S/C18H32O2/c1-13(15(19)17(2,3)4)11-12-18(5,6)16(20)14-9-7-8-10-14/h13-14H,7-12H2,1-6H3. The minimum absolute atomic E-state index is 0.0469. The molecule has 20 heavy (non-hydrogen) atoms. The Morgan fingerprint density at radius 3 is 2.00 bits per heavy atom. The molecule has 1 saturated carbocycles. The zero-order chi connectivity index (χ0) is 15.6. The SMILES string of the molecule is CC(CCC(C)(C)C(=O)C1CCCC1)C(=O)C(C)(C)C. The summed E-state index contributed by atoms with van der Waals surface area (Å²) in [5, 5.41) is 0. The topological polar surface area (TPSA) is 34.1 Å². The molecule has 1 fully saturated rings. The van der Waals surface area contributed by atoms with E-state index in [2.05, 4.69) is 13.8 Å². The Bertz CT molecular complexity index is 354. The van der Waals surface area contributed by atoms with Gasteiger partial charge in [0.05, 0.1) is 0 Å². The summed E-state index contributed by atoms with van der Waals surface area (Å²) in [4.78, 5) is 24.8. The van der Waals surface area contributed by atoms with Crippen molar-refractivity contribution in [1.82, 2.24) is 0 Å². The number of carbonyl (C=O) groups is 2. The van der Waals surface area contributed by atoms with Gasteiger partial charge in [0.1, 0.15) is 11.6 Å². The van der Waals surface area contributed by atoms with Gasteiger partial charge < -0.3 is 0 Å². The second kappa shape index (κ2) is 6.41. The zero-order valence-corrected chi connectivity index (χ0v) is 14.2. The van der Waals surface area contributed by atoms with E-state index in [1.54, 1.807) is 0 Å². The van der Waals surface area contributed by atoms with Crippen LogP contribution in [0.25, 0.3) is 0 Å². The normalized spacial score (nSPS) is 19.1. The van der Waals surface area contributed by atoms with Crippen molar-refractivity contribution in [2.75, 3.05) is 0 Å². The smallest absolute Gasteiger partial charge is 0.141 e. The molecule has 0 aromatic heterocycles. The molecule has 1 unspecified atom stereocenters. The summed E-state index contributed by atoms with van der Waals surface area (Å²) in [5.74, 6) is 1.05. The summed E-state index contributed by atoms with van der Waals surface area (Å²) in [5.41, 5.74) is -0.555. The third-order valence-corrected chi connectivity index (χ3v) is 4.78. The fraction of sp³-hybridized carbons (Fsp3) is 0.889. The molecular formula is C18H32O2. The summed E-state index contributed by atoms with van der Waals surface area (Å²) >= 11 is 0. The quantitative estimate of drug-likeness (QED) is 0.700. The molecule has 2 heteroatoms. The molecule has 1 aliphatic carbocycles. The minimum atomic E-state index is -0.279. The highest BCUT2D eigenvalue weighted by Gasteiger charge is 2.36. The number of hydrogen-bond donors (Lipinski definition) is 0. The van der Waals surface area contributed by atoms with E-state index in [0.717, 1.165) is 25.7 Å². The number of rotatable bonds is 6. The molecule has 0 radical (unpaired) electrons. The van der Waals surface area contributed by atoms with Gasteiger partial charge in [0.2, 0.25) is 0 Å². The highest BCUT2D eigenvalue weighted by atomic mass is 16.1. The molecule has 0 aromatic rings. The second-order valence-corrected chi connectivity index (χ2v) is 8.28. The monoisotopic (exact) mass is 280 g/mol. The maximum Gasteiger partial charge on any atom is 0.141 e. The van der Waals surface area contributed by atoms with Gasteiger partial charge in [-0.25, -0.2) is 0 Å². The molecule has 0 N–H and O–H groups in total. The lowest BCUT2D eigenvalue weighted by atomic mass is 9.74. The van der Waals surface area contributed by atoms with E-state index in [0.29, 0.717) is 11.6 Å². The van der Waals surface area contributed by atoms with Crippen LogP contribution >= 0.6 is 0 Å². The van der Waals surface area contributed by atoms with E-state index < -0.39 is 0 Å². The maximum atomic E-state index is 12.6. The van der Waals surface area contributed by atoms with Crippen LogP contribution in [0.4, 0.5) is 0 Å². The van der Waals surface area contributed by atoms with Gasteiger partial charge in [-0.1, -0.05) is 54.4 Å². The summed E-state index contributed by atoms with van der Waals surface area (Å²) in [6.45, 7) is 12.0. The molecule has 0 aliphatic heterocycles. The molecule has 0 saturated heterocycles. The first-order valence-electron chi connectivity index (χ1n) is 8.14. The summed E-state index contributed by atoms with van der Waals surface area (Å²) < 4.78 is 0. The molecular weight excluding hydrogens is 248 g/mol. The summed E-state index contributed by atoms with van der Waals surface area (Å²) in [6.07, 6.45) is 6.18. The first-order chi connectivity index (χ1) is 9.05. The van der Waals surface area contributed by atoms with Crippen LogP contribution in [0.15, 0.2) is 0 Å². The molecule has 2 nitrogen and oxygen atoms in total. The Balaban J connectivity index is 2.54. The van der Waals surface area contributed by atoms with Crippen molar-refractivity contribution in [2.24, 2.45) is 22.7 Å². The fourth-order valence-electron chi connectivity index (χ4n) is 3.31. The van der Waals surface area contributed by atoms with Gasteiger partial charge in [-0.05, 0) is 25.7 Å². The first kappa shape index (κ1) is 17.4. The summed E-state index contributed by atoms with van der Waals surface area (Å²) in [7, 11) is 0. The van der Waals surface area contributed by atoms with Crippen molar-refractivity contribution in [2.45, 2.75) is 80.1 Å². The van der Waals surface area contributed by atoms with Crippen LogP contribution in [0.5, 0.6) is 0 Å². The van der Waals surface area contributed by atoms with E-state index in [-0.39, 0.29) is 22.7 Å². The van der Waals surface area contributed by atoms with Crippen LogP contribution in [0, 0.1) is 22.7 Å². The van der Waals surface area contributed by atoms with E-state index in [4.69, 9.17) is 0 Å². The third kappa shape index (κ3) is 4.43. The molecule has 1 atom stereocenters. The largest absolute Gasteiger partial charge is 0.299 e. The number of carbonyl (C=O) groups excluding carboxylic acids is 2. The highest BCUT2D eigenvalue weighted by Crippen LogP contribution is 2.36. The lowest BCUT2D eigenvalue weighted by molar-refractivity contribution is -0.133. The second-order valence-electron chi connectivity index (χ2n) is 8.28. The van der Waals surface area contributed by atoms with Crippen molar-refractivity contribution in [3.8, 4) is 0 Å². The Morgan fingerprint density at radius 1 is 1.05 bits per heavy atom. The van der Waals surface area contributed by atoms with Gasteiger partial charge in [-0.15, -0.1) is 0 Å². The Labute approximate surface area is 124 Å². The zero-order valence-electron chi connectivity index (χ0n) is 14.2. The highest BCUT2D eigenvalue weighted by molar-refractivity contribution is 5.87. The van der Waals surface area contributed by atoms with Crippen LogP contribution in [0.2, 0.25) is 0 Å². The molecule has 116 valence electrons. The molecule has 0 spiro atoms. The van der Waals surface area contributed by atoms with Gasteiger partial charge in [0, 0.05) is 22.7 Å². The van der Waals surface area contributed by atoms with Crippen LogP contribution < -0.4 is 0 Å². The van der Waals surface area contributed by atoms with E-state index in [1.165, 1.54) is 12.8 Å². The number of hydrogen-bond acceptors (Lipinski definition) is 2. The van der Waals surface area contributed by atoms with Crippen molar-refractivity contribution < 1.29 is 9.59 Å². The fourth-order valence-corrected chi connectivity index (χ4v) is 3.31. The van der Waals surface area contributed by atoms with E-state index in [9.17, 15) is 9.59 Å². The lowest BCUT2D eigenvalue weighted by Crippen LogP contribution is -2.32. The molecule has 1 aliphatic rings. The molecule has 0 aromatic carbocycles. The molecule has 0 amide bonds. The van der Waals surface area contributed by atoms with E-state index >= 15 is 0 Å². The lowest BCUT2D eigenvalue weighted by Gasteiger charge is -2.29. The number of Topliss-reactive ketones (excluding diaryl/α,β-unsaturated/α-hetero) is 2. The predicted octanol–water partition coefficient (Wildman–Crippen LogP) is 4.80. The Kier molecular flexibility index (Phi) is 5.57. The van der Waals surface area contributed by atoms with Gasteiger partial charge >= 0.3 is 0 Å². The minimum Gasteiger partial charge on any atom is -0.299 e. The average Bonchev–Trinajstić information content (AvgIpc) is 2.86. The molecule has 1 rings (SSSR count). The van der Waals surface area contributed by atoms with Crippen LogP contribution in [0.1, 0.15) is 80.1 Å². The van der Waals surface area contributed by atoms with Crippen LogP contribution in [-0.4, -0.2) is 11.6 Å². The van der Waals surface area contributed by atoms with Crippen molar-refractivity contribution in [3.63, 3.8) is 0 Å². The van der Waals surface area contributed by atoms with Crippen molar-refractivity contribution >= 4 is 11.6 Å². The first-order valence-corrected chi connectivity index (χ1v) is 8.14. The van der Waals surface area contributed by atoms with Crippen molar-refractivity contribution in [3.05, 3.63) is 0 Å². The van der Waals surface area contributed by atoms with Crippen LogP contribution in [0.3, 0.4) is 0 Å². The number of ketones is 2. The summed E-state index contributed by atoms with van der Waals surface area (Å²) in [6, 6.07) is 0. The van der Waals surface area contributed by atoms with Crippen molar-refractivity contribution in [1.29, 1.82) is 0 Å². The van der Waals surface area contributed by atoms with Gasteiger partial charge in [-0.3, -0.25) is 9.59 Å². The molecule has 0 heterocycles. The predicted molar refractivity (Wildman–Crippen MR) is 83.6 cm³/mol. The third-order valence-electron chi connectivity index (χ3n) is 4.78. The van der Waals surface area contributed by atoms with E-state index in [1.807, 2.05) is 27.7 Å². The Morgan fingerprint density at radius 2 is 1.55 bits per heavy atom. The van der Waals surface area contributed by atoms with Gasteiger partial charge in [0.25, 0.3) is 0 Å². The van der Waals surface area contributed by atoms with Crippen LogP contribution in [-0.2, 0) is 9.59 Å². The average molecular weight is 280 g/mol. The maximum absolute atomic E-state index is 12.6. The van der Waals surface area contributed by atoms with Gasteiger partial charge in [0.15, 0.2) is 0 Å². The van der Waals surface area contributed by atoms with Gasteiger partial charge in [-0.2, -0.15) is 0 Å². The molecule has 0 bridgehead atoms. The Hall–Kier alpha value is -0.660.